The highest BCUT2D eigenvalue weighted by atomic mass is 32.2. The highest BCUT2D eigenvalue weighted by molar-refractivity contribution is 7.85. The van der Waals surface area contributed by atoms with Crippen molar-refractivity contribution in [2.24, 2.45) is 0 Å². The van der Waals surface area contributed by atoms with Crippen molar-refractivity contribution in [1.82, 2.24) is 0 Å². The van der Waals surface area contributed by atoms with E-state index in [4.69, 9.17) is 24.0 Å². The lowest BCUT2D eigenvalue weighted by Gasteiger charge is -2.12. The van der Waals surface area contributed by atoms with Gasteiger partial charge in [-0.15, -0.1) is 0 Å². The third-order valence-electron chi connectivity index (χ3n) is 4.17. The maximum Gasteiger partial charge on any atom is 0.524 e. The fraction of sp³-hybridized carbons (Fsp3) is 0.250. The molecule has 0 fully saturated rings. The van der Waals surface area contributed by atoms with Gasteiger partial charge >= 0.3 is 7.82 Å². The molecule has 0 saturated heterocycles. The van der Waals surface area contributed by atoms with Gasteiger partial charge in [-0.3, -0.25) is 18.8 Å². The largest absolute Gasteiger partial charge is 0.524 e. The number of fused-ring (bicyclic) bond motifs is 1. The SMILES string of the molecule is CCCOc1cc2c(cc1C(=O)/C=C/c1ccc(OC)c(OP(=O)(O)O)c1)OCS2=O. The Morgan fingerprint density at radius 1 is 1.23 bits per heavy atom. The van der Waals surface area contributed by atoms with Crippen molar-refractivity contribution in [3.63, 3.8) is 0 Å². The van der Waals surface area contributed by atoms with E-state index in [-0.39, 0.29) is 28.8 Å². The van der Waals surface area contributed by atoms with Crippen LogP contribution in [0.3, 0.4) is 0 Å². The number of hydrogen-bond acceptors (Lipinski definition) is 7. The van der Waals surface area contributed by atoms with Crippen LogP contribution in [0.15, 0.2) is 41.3 Å². The van der Waals surface area contributed by atoms with E-state index in [0.717, 1.165) is 6.42 Å². The highest BCUT2D eigenvalue weighted by Crippen LogP contribution is 2.42. The molecule has 1 aliphatic rings. The van der Waals surface area contributed by atoms with E-state index in [1.54, 1.807) is 12.1 Å². The number of carbonyl (C=O) groups excluding carboxylic acids is 1. The molecule has 1 unspecified atom stereocenters. The lowest BCUT2D eigenvalue weighted by atomic mass is 10.1. The minimum Gasteiger partial charge on any atom is -0.493 e. The van der Waals surface area contributed by atoms with Gasteiger partial charge in [0.05, 0.1) is 35.0 Å². The van der Waals surface area contributed by atoms with Crippen LogP contribution < -0.4 is 18.7 Å². The van der Waals surface area contributed by atoms with Gasteiger partial charge in [-0.05, 0) is 36.3 Å². The monoisotopic (exact) mass is 468 g/mol. The van der Waals surface area contributed by atoms with E-state index in [9.17, 15) is 13.6 Å². The Kier molecular flexibility index (Phi) is 7.17. The van der Waals surface area contributed by atoms with Gasteiger partial charge in [0, 0.05) is 6.07 Å². The number of ether oxygens (including phenoxy) is 3. The van der Waals surface area contributed by atoms with Crippen LogP contribution in [0.25, 0.3) is 6.08 Å². The number of ketones is 1. The second-order valence-electron chi connectivity index (χ2n) is 6.44. The fourth-order valence-electron chi connectivity index (χ4n) is 2.79. The standard InChI is InChI=1S/C20H21O9PS/c1-3-8-27-17-11-20-19(28-12-31(20)25)10-14(17)15(21)6-4-13-5-7-16(26-2)18(9-13)29-30(22,23)24/h4-7,9-11H,3,8,12H2,1-2H3,(H2,22,23,24)/b6-4+. The molecule has 2 aromatic carbocycles. The summed E-state index contributed by atoms with van der Waals surface area (Å²) in [6, 6.07) is 7.47. The van der Waals surface area contributed by atoms with E-state index < -0.39 is 18.6 Å². The van der Waals surface area contributed by atoms with Crippen molar-refractivity contribution in [1.29, 1.82) is 0 Å². The Balaban J connectivity index is 1.90. The Hall–Kier alpha value is -2.65. The predicted octanol–water partition coefficient (Wildman–Crippen LogP) is 3.31. The topological polar surface area (TPSA) is 129 Å². The Morgan fingerprint density at radius 3 is 2.68 bits per heavy atom. The molecule has 2 N–H and O–H groups in total. The zero-order valence-electron chi connectivity index (χ0n) is 16.8. The molecule has 0 amide bonds. The average Bonchev–Trinajstić information content (AvgIpc) is 3.08. The van der Waals surface area contributed by atoms with Crippen molar-refractivity contribution in [2.45, 2.75) is 18.2 Å². The molecule has 0 bridgehead atoms. The first-order valence-corrected chi connectivity index (χ1v) is 12.0. The molecule has 0 spiro atoms. The van der Waals surface area contributed by atoms with Crippen molar-refractivity contribution >= 4 is 30.5 Å². The first kappa shape index (κ1) is 23.0. The Labute approximate surface area is 181 Å². The average molecular weight is 468 g/mol. The van der Waals surface area contributed by atoms with Crippen molar-refractivity contribution in [2.75, 3.05) is 19.7 Å². The summed E-state index contributed by atoms with van der Waals surface area (Å²) >= 11 is 0. The second kappa shape index (κ2) is 9.65. The predicted molar refractivity (Wildman–Crippen MR) is 113 cm³/mol. The van der Waals surface area contributed by atoms with E-state index >= 15 is 0 Å². The Bertz CT molecular complexity index is 1090. The van der Waals surface area contributed by atoms with Crippen LogP contribution in [0.5, 0.6) is 23.0 Å². The van der Waals surface area contributed by atoms with Gasteiger partial charge in [-0.2, -0.15) is 0 Å². The van der Waals surface area contributed by atoms with E-state index in [1.165, 1.54) is 37.5 Å². The first-order chi connectivity index (χ1) is 14.7. The van der Waals surface area contributed by atoms with Crippen molar-refractivity contribution < 1.29 is 42.1 Å². The van der Waals surface area contributed by atoms with Crippen molar-refractivity contribution in [3.8, 4) is 23.0 Å². The van der Waals surface area contributed by atoms with Crippen molar-refractivity contribution in [3.05, 3.63) is 47.5 Å². The maximum absolute atomic E-state index is 12.8. The van der Waals surface area contributed by atoms with Gasteiger partial charge in [0.15, 0.2) is 23.2 Å². The fourth-order valence-corrected chi connectivity index (χ4v) is 4.14. The Morgan fingerprint density at radius 2 is 2.00 bits per heavy atom. The number of rotatable bonds is 9. The van der Waals surface area contributed by atoms with Gasteiger partial charge < -0.3 is 18.7 Å². The molecule has 0 aliphatic carbocycles. The minimum absolute atomic E-state index is 0.0320. The van der Waals surface area contributed by atoms with E-state index in [1.807, 2.05) is 6.92 Å². The third-order valence-corrected chi connectivity index (χ3v) is 5.75. The molecule has 9 nitrogen and oxygen atoms in total. The molecule has 0 radical (unpaired) electrons. The molecular formula is C20H21O9PS. The molecule has 1 heterocycles. The summed E-state index contributed by atoms with van der Waals surface area (Å²) in [7, 11) is -4.76. The molecule has 1 atom stereocenters. The number of phosphoric acid groups is 1. The zero-order valence-corrected chi connectivity index (χ0v) is 18.5. The first-order valence-electron chi connectivity index (χ1n) is 9.19. The van der Waals surface area contributed by atoms with E-state index in [0.29, 0.717) is 28.6 Å². The number of hydrogen-bond donors (Lipinski definition) is 2. The smallest absolute Gasteiger partial charge is 0.493 e. The second-order valence-corrected chi connectivity index (χ2v) is 8.97. The van der Waals surface area contributed by atoms with Crippen LogP contribution in [-0.4, -0.2) is 39.4 Å². The molecule has 31 heavy (non-hydrogen) atoms. The summed E-state index contributed by atoms with van der Waals surface area (Å²) in [5, 5.41) is 0. The summed E-state index contributed by atoms with van der Waals surface area (Å²) in [5.41, 5.74) is 0.703. The number of allylic oxidation sites excluding steroid dienone is 1. The highest BCUT2D eigenvalue weighted by Gasteiger charge is 2.25. The lowest BCUT2D eigenvalue weighted by Crippen LogP contribution is -2.04. The number of carbonyl (C=O) groups is 1. The normalized spacial score (nSPS) is 15.4. The van der Waals surface area contributed by atoms with Gasteiger partial charge in [0.25, 0.3) is 0 Å². The number of benzene rings is 2. The minimum atomic E-state index is -4.79. The van der Waals surface area contributed by atoms with Gasteiger partial charge in [0.1, 0.15) is 11.5 Å². The van der Waals surface area contributed by atoms with Crippen LogP contribution in [0.2, 0.25) is 0 Å². The number of methoxy groups -OCH3 is 1. The van der Waals surface area contributed by atoms with Crippen LogP contribution in [0.4, 0.5) is 0 Å². The summed E-state index contributed by atoms with van der Waals surface area (Å²) in [6.07, 6.45) is 3.48. The molecule has 0 saturated carbocycles. The van der Waals surface area contributed by atoms with Gasteiger partial charge in [-0.25, -0.2) is 4.57 Å². The summed E-state index contributed by atoms with van der Waals surface area (Å²) in [4.78, 5) is 31.4. The molecule has 2 aromatic rings. The van der Waals surface area contributed by atoms with Crippen LogP contribution in [-0.2, 0) is 15.4 Å². The number of phosphoric ester groups is 1. The van der Waals surface area contributed by atoms with Crippen LogP contribution in [0.1, 0.15) is 29.3 Å². The summed E-state index contributed by atoms with van der Waals surface area (Å²) in [5.74, 6) is 0.305. The molecule has 0 aromatic heterocycles. The van der Waals surface area contributed by atoms with Crippen LogP contribution >= 0.6 is 7.82 Å². The molecule has 3 rings (SSSR count). The molecular weight excluding hydrogens is 447 g/mol. The van der Waals surface area contributed by atoms with Gasteiger partial charge in [-0.1, -0.05) is 19.1 Å². The summed E-state index contributed by atoms with van der Waals surface area (Å²) in [6.45, 7) is 2.31. The third kappa shape index (κ3) is 5.74. The van der Waals surface area contributed by atoms with Gasteiger partial charge in [0.2, 0.25) is 0 Å². The van der Waals surface area contributed by atoms with E-state index in [2.05, 4.69) is 4.52 Å². The molecule has 11 heteroatoms. The zero-order chi connectivity index (χ0) is 22.6. The maximum atomic E-state index is 12.8. The van der Waals surface area contributed by atoms with Crippen LogP contribution in [0, 0.1) is 0 Å². The molecule has 1 aliphatic heterocycles. The summed E-state index contributed by atoms with van der Waals surface area (Å²) < 4.78 is 43.9. The quantitative estimate of drug-likeness (QED) is 0.323. The lowest BCUT2D eigenvalue weighted by molar-refractivity contribution is 0.104. The molecule has 166 valence electrons.